The van der Waals surface area contributed by atoms with Gasteiger partial charge < -0.3 is 0 Å². The summed E-state index contributed by atoms with van der Waals surface area (Å²) in [6.45, 7) is 1.80. The van der Waals surface area contributed by atoms with Gasteiger partial charge in [-0.15, -0.1) is 0 Å². The largest absolute Gasteiger partial charge is 0.316 e. The Morgan fingerprint density at radius 2 is 1.93 bits per heavy atom. The Bertz CT molecular complexity index is 308. The summed E-state index contributed by atoms with van der Waals surface area (Å²) in [5, 5.41) is 0. The molecule has 4 nitrogen and oxygen atoms in total. The van der Waals surface area contributed by atoms with Crippen molar-refractivity contribution in [1.82, 2.24) is 0 Å². The number of carbonyl (C=O) groups excluding carboxylic acids is 1. The van der Waals surface area contributed by atoms with E-state index < -0.39 is 0 Å². The summed E-state index contributed by atoms with van der Waals surface area (Å²) in [6.07, 6.45) is 0.463. The van der Waals surface area contributed by atoms with Crippen LogP contribution in [0.2, 0.25) is 0 Å². The highest BCUT2D eigenvalue weighted by Gasteiger charge is 2.14. The van der Waals surface area contributed by atoms with Crippen molar-refractivity contribution in [3.8, 4) is 0 Å². The number of nitrogens with zero attached hydrogens (tertiary/aromatic N) is 1. The fraction of sp³-hybridized carbons (Fsp3) is 0.300. The highest BCUT2D eigenvalue weighted by atomic mass is 16.8. The van der Waals surface area contributed by atoms with Gasteiger partial charge in [0.2, 0.25) is 0 Å². The average Bonchev–Trinajstić information content (AvgIpc) is 2.27. The van der Waals surface area contributed by atoms with Crippen LogP contribution in [0.4, 0.5) is 5.69 Å². The van der Waals surface area contributed by atoms with Gasteiger partial charge in [-0.2, -0.15) is 0 Å². The van der Waals surface area contributed by atoms with Gasteiger partial charge in [0, 0.05) is 24.1 Å². The Balaban J connectivity index is 2.89. The van der Waals surface area contributed by atoms with E-state index in [9.17, 15) is 9.70 Å². The number of carbonyl (C=O) groups is 1. The van der Waals surface area contributed by atoms with Crippen LogP contribution < -0.4 is 0 Å². The fourth-order valence-corrected chi connectivity index (χ4v) is 1.08. The van der Waals surface area contributed by atoms with Crippen molar-refractivity contribution in [2.75, 3.05) is 7.11 Å². The highest BCUT2D eigenvalue weighted by Crippen LogP contribution is 2.13. The van der Waals surface area contributed by atoms with Crippen molar-refractivity contribution < 1.29 is 14.6 Å². The molecule has 0 heterocycles. The maximum absolute atomic E-state index is 11.2. The van der Waals surface area contributed by atoms with Crippen LogP contribution >= 0.6 is 0 Å². The molecule has 0 spiro atoms. The van der Waals surface area contributed by atoms with Gasteiger partial charge in [-0.1, -0.05) is 6.92 Å². The van der Waals surface area contributed by atoms with Crippen LogP contribution in [-0.2, 0) is 4.84 Å². The van der Waals surface area contributed by atoms with E-state index >= 15 is 0 Å². The molecule has 0 aliphatic heterocycles. The van der Waals surface area contributed by atoms with E-state index in [4.69, 9.17) is 0 Å². The number of hydrogen-bond donors (Lipinski definition) is 0. The molecular weight excluding hydrogens is 182 g/mol. The fourth-order valence-electron chi connectivity index (χ4n) is 1.08. The quantitative estimate of drug-likeness (QED) is 0.545. The van der Waals surface area contributed by atoms with Crippen molar-refractivity contribution in [3.05, 3.63) is 34.7 Å². The molecule has 0 atom stereocenters. The van der Waals surface area contributed by atoms with Gasteiger partial charge in [-0.25, -0.2) is 4.84 Å². The predicted octanol–water partition coefficient (Wildman–Crippen LogP) is 2.25. The Morgan fingerprint density at radius 1 is 1.36 bits per heavy atom. The summed E-state index contributed by atoms with van der Waals surface area (Å²) in [7, 11) is 1.29. The number of hydrogen-bond acceptors (Lipinski definition) is 3. The topological polar surface area (TPSA) is 46.4 Å². The van der Waals surface area contributed by atoms with Crippen molar-refractivity contribution in [1.29, 1.82) is 0 Å². The van der Waals surface area contributed by atoms with Crippen LogP contribution in [0.25, 0.3) is 0 Å². The second-order valence-electron chi connectivity index (χ2n) is 2.76. The van der Waals surface area contributed by atoms with Crippen LogP contribution in [0, 0.1) is 4.91 Å². The van der Waals surface area contributed by atoms with E-state index in [-0.39, 0.29) is 5.78 Å². The lowest BCUT2D eigenvalue weighted by atomic mass is 10.1. The van der Waals surface area contributed by atoms with Gasteiger partial charge in [0.05, 0.1) is 4.91 Å². The molecule has 0 N–H and O–H groups in total. The van der Waals surface area contributed by atoms with Gasteiger partial charge in [0.15, 0.2) is 12.9 Å². The first kappa shape index (κ1) is 10.4. The first-order chi connectivity index (χ1) is 6.69. The molecule has 0 aromatic heterocycles. The number of Topliss-reactive ketones (excluding diaryl/α,β-unsaturated/α-hetero) is 1. The van der Waals surface area contributed by atoms with Gasteiger partial charge in [-0.05, 0) is 12.1 Å². The molecule has 0 saturated heterocycles. The molecule has 0 aliphatic rings. The molecule has 0 aliphatic carbocycles. The zero-order chi connectivity index (χ0) is 10.6. The summed E-state index contributed by atoms with van der Waals surface area (Å²) >= 11 is 0. The van der Waals surface area contributed by atoms with E-state index in [1.54, 1.807) is 31.2 Å². The van der Waals surface area contributed by atoms with E-state index in [0.717, 1.165) is 0 Å². The molecule has 1 aromatic rings. The third-order valence-corrected chi connectivity index (χ3v) is 1.89. The van der Waals surface area contributed by atoms with Crippen LogP contribution in [0.1, 0.15) is 23.7 Å². The van der Waals surface area contributed by atoms with Gasteiger partial charge in [0.25, 0.3) is 4.92 Å². The first-order valence-corrected chi connectivity index (χ1v) is 4.33. The van der Waals surface area contributed by atoms with E-state index in [1.807, 2.05) is 0 Å². The molecule has 0 amide bonds. The number of benzene rings is 1. The van der Waals surface area contributed by atoms with Crippen LogP contribution in [0.5, 0.6) is 0 Å². The van der Waals surface area contributed by atoms with Gasteiger partial charge >= 0.3 is 5.69 Å². The number of ketones is 1. The molecule has 1 rings (SSSR count). The van der Waals surface area contributed by atoms with Crippen molar-refractivity contribution in [3.63, 3.8) is 0 Å². The Labute approximate surface area is 82.0 Å². The van der Waals surface area contributed by atoms with Crippen LogP contribution in [0.3, 0.4) is 0 Å². The number of rotatable bonds is 4. The Hall–Kier alpha value is -1.71. The third kappa shape index (κ3) is 2.16. The normalized spacial score (nSPS) is 9.57. The molecule has 14 heavy (non-hydrogen) atoms. The molecular formula is C10H12NO3+. The maximum atomic E-state index is 11.2. The summed E-state index contributed by atoms with van der Waals surface area (Å²) in [4.78, 5) is 27.1. The predicted molar refractivity (Wildman–Crippen MR) is 51.4 cm³/mol. The average molecular weight is 194 g/mol. The molecule has 4 heteroatoms. The summed E-state index contributed by atoms with van der Waals surface area (Å²) in [5.74, 6) is 0.0615. The molecule has 74 valence electrons. The minimum Gasteiger partial charge on any atom is -0.294 e. The lowest BCUT2D eigenvalue weighted by Crippen LogP contribution is -2.00. The molecule has 0 radical (unpaired) electrons. The first-order valence-electron chi connectivity index (χ1n) is 4.33. The smallest absolute Gasteiger partial charge is 0.294 e. The molecule has 0 saturated carbocycles. The zero-order valence-electron chi connectivity index (χ0n) is 8.19. The van der Waals surface area contributed by atoms with Crippen molar-refractivity contribution >= 4 is 11.5 Å². The van der Waals surface area contributed by atoms with Crippen LogP contribution in [0.15, 0.2) is 24.3 Å². The van der Waals surface area contributed by atoms with E-state index in [0.29, 0.717) is 22.6 Å². The molecule has 0 bridgehead atoms. The molecule has 1 aromatic carbocycles. The highest BCUT2D eigenvalue weighted by molar-refractivity contribution is 5.95. The minimum absolute atomic E-state index is 0.0615. The SMILES string of the molecule is CCC(=O)c1ccc([N+](=O)OC)cc1. The molecule has 0 fully saturated rings. The Kier molecular flexibility index (Phi) is 3.34. The summed E-state index contributed by atoms with van der Waals surface area (Å²) in [6, 6.07) is 6.34. The lowest BCUT2D eigenvalue weighted by Gasteiger charge is -1.95. The second kappa shape index (κ2) is 4.50. The molecule has 0 unspecified atom stereocenters. The van der Waals surface area contributed by atoms with Crippen LogP contribution in [-0.4, -0.2) is 17.8 Å². The second-order valence-corrected chi connectivity index (χ2v) is 2.76. The summed E-state index contributed by atoms with van der Waals surface area (Å²) < 4.78 is 0. The van der Waals surface area contributed by atoms with Crippen molar-refractivity contribution in [2.45, 2.75) is 13.3 Å². The zero-order valence-corrected chi connectivity index (χ0v) is 8.19. The van der Waals surface area contributed by atoms with E-state index in [2.05, 4.69) is 4.84 Å². The third-order valence-electron chi connectivity index (χ3n) is 1.89. The monoisotopic (exact) mass is 194 g/mol. The maximum Gasteiger partial charge on any atom is 0.316 e. The Morgan fingerprint density at radius 3 is 2.36 bits per heavy atom. The lowest BCUT2D eigenvalue weighted by molar-refractivity contribution is -0.736. The minimum atomic E-state index is 0.0615. The summed E-state index contributed by atoms with van der Waals surface area (Å²) in [5.41, 5.74) is 0.987. The van der Waals surface area contributed by atoms with Crippen molar-refractivity contribution in [2.24, 2.45) is 0 Å². The van der Waals surface area contributed by atoms with E-state index in [1.165, 1.54) is 7.11 Å². The standard InChI is InChI=1S/C10H12NO3/c1-3-10(12)8-4-6-9(7-5-8)11(13)14-2/h4-7H,3H2,1-2H3/q+1. The van der Waals surface area contributed by atoms with Gasteiger partial charge in [0.1, 0.15) is 0 Å². The van der Waals surface area contributed by atoms with Gasteiger partial charge in [-0.3, -0.25) is 4.79 Å².